The van der Waals surface area contributed by atoms with E-state index >= 15 is 0 Å². The molecule has 3 aliphatic rings. The predicted octanol–water partition coefficient (Wildman–Crippen LogP) is 1.69. The summed E-state index contributed by atoms with van der Waals surface area (Å²) in [7, 11) is 1.41. The number of carbonyl (C=O) groups is 4. The van der Waals surface area contributed by atoms with Crippen LogP contribution in [0.5, 0.6) is 0 Å². The lowest BCUT2D eigenvalue weighted by atomic mass is 9.72. The summed E-state index contributed by atoms with van der Waals surface area (Å²) in [5.41, 5.74) is -5.80. The molecule has 0 spiro atoms. The average molecular weight is 717 g/mol. The Morgan fingerprint density at radius 2 is 1.30 bits per heavy atom. The van der Waals surface area contributed by atoms with Crippen LogP contribution in [0, 0.1) is 5.92 Å². The molecule has 3 rings (SSSR count). The van der Waals surface area contributed by atoms with Gasteiger partial charge in [0.1, 0.15) is 34.1 Å². The number of hydrogen-bond acceptors (Lipinski definition) is 12. The molecule has 0 aromatic heterocycles. The molecule has 0 aromatic carbocycles. The number of rotatable bonds is 7. The van der Waals surface area contributed by atoms with E-state index in [-0.39, 0.29) is 38.7 Å². The highest BCUT2D eigenvalue weighted by Crippen LogP contribution is 2.38. The smallest absolute Gasteiger partial charge is 0.410 e. The van der Waals surface area contributed by atoms with Crippen LogP contribution in [0.4, 0.5) is 14.4 Å². The maximum atomic E-state index is 13.5. The van der Waals surface area contributed by atoms with E-state index in [4.69, 9.17) is 18.9 Å². The fourth-order valence-corrected chi connectivity index (χ4v) is 6.81. The van der Waals surface area contributed by atoms with Crippen molar-refractivity contribution in [1.29, 1.82) is 0 Å². The van der Waals surface area contributed by atoms with Gasteiger partial charge in [-0.05, 0) is 88.5 Å². The molecule has 1 saturated heterocycles. The third-order valence-electron chi connectivity index (χ3n) is 8.96. The minimum absolute atomic E-state index is 0.0115. The van der Waals surface area contributed by atoms with E-state index in [0.717, 1.165) is 4.90 Å². The highest BCUT2D eigenvalue weighted by Gasteiger charge is 2.54. The van der Waals surface area contributed by atoms with Gasteiger partial charge < -0.3 is 60.2 Å². The van der Waals surface area contributed by atoms with E-state index in [2.05, 4.69) is 16.0 Å². The minimum atomic E-state index is -1.82. The van der Waals surface area contributed by atoms with Crippen molar-refractivity contribution in [2.45, 2.75) is 172 Å². The van der Waals surface area contributed by atoms with Crippen LogP contribution in [0.1, 0.15) is 101 Å². The Morgan fingerprint density at radius 1 is 0.800 bits per heavy atom. The van der Waals surface area contributed by atoms with E-state index in [1.807, 2.05) is 0 Å². The number of amides is 4. The predicted molar refractivity (Wildman–Crippen MR) is 180 cm³/mol. The van der Waals surface area contributed by atoms with Crippen LogP contribution in [0.25, 0.3) is 0 Å². The van der Waals surface area contributed by atoms with E-state index in [1.165, 1.54) is 14.0 Å². The molecule has 2 aliphatic carbocycles. The highest BCUT2D eigenvalue weighted by molar-refractivity contribution is 5.87. The van der Waals surface area contributed by atoms with Gasteiger partial charge in [0.15, 0.2) is 0 Å². The molecule has 4 amide bonds. The van der Waals surface area contributed by atoms with Crippen LogP contribution in [0.15, 0.2) is 0 Å². The largest absolute Gasteiger partial charge is 0.444 e. The summed E-state index contributed by atoms with van der Waals surface area (Å²) in [5.74, 6) is -1.47. The molecule has 8 atom stereocenters. The van der Waals surface area contributed by atoms with Crippen molar-refractivity contribution < 1.29 is 58.6 Å². The summed E-state index contributed by atoms with van der Waals surface area (Å²) in [6.07, 6.45) is -5.59. The van der Waals surface area contributed by atoms with Gasteiger partial charge in [-0.2, -0.15) is 0 Å². The average Bonchev–Trinajstić information content (AvgIpc) is 2.87. The zero-order chi connectivity index (χ0) is 38.2. The molecule has 8 unspecified atom stereocenters. The maximum absolute atomic E-state index is 13.5. The quantitative estimate of drug-likeness (QED) is 0.187. The van der Waals surface area contributed by atoms with E-state index in [1.54, 1.807) is 62.3 Å². The first kappa shape index (κ1) is 41.5. The summed E-state index contributed by atoms with van der Waals surface area (Å²) in [5, 5.41) is 53.6. The first-order valence-electron chi connectivity index (χ1n) is 17.3. The van der Waals surface area contributed by atoms with Crippen LogP contribution in [0.2, 0.25) is 0 Å². The standard InChI is InChI=1S/C34H60N4O12/c1-30(2,3)48-27(42)35-18-12-21(37-26(41)34(46)15-19(16-34)36-28(43)49-31(4,5)6)20(22(39)13-18)14-23-24(40)25(33(10,45)17-47-23)38(11)29(44)50-32(7,8)9/h18-25,39-40,45-46H,12-17H2,1-11H3,(H,35,42)(H,36,43)(H,37,41). The van der Waals surface area contributed by atoms with Crippen LogP contribution >= 0.6 is 0 Å². The fourth-order valence-electron chi connectivity index (χ4n) is 6.81. The van der Waals surface area contributed by atoms with Gasteiger partial charge in [-0.15, -0.1) is 0 Å². The van der Waals surface area contributed by atoms with Gasteiger partial charge in [-0.25, -0.2) is 14.4 Å². The second-order valence-electron chi connectivity index (χ2n) is 17.4. The van der Waals surface area contributed by atoms with E-state index in [0.29, 0.717) is 0 Å². The number of nitrogens with zero attached hydrogens (tertiary/aromatic N) is 1. The number of alkyl carbamates (subject to hydrolysis) is 2. The Kier molecular flexibility index (Phi) is 12.4. The Hall–Kier alpha value is -2.92. The second kappa shape index (κ2) is 15.0. The number of aliphatic hydroxyl groups is 4. The number of likely N-dealkylation sites (N-methyl/N-ethyl adjacent to an activating group) is 1. The Balaban J connectivity index is 1.79. The number of carbonyl (C=O) groups excluding carboxylic acids is 4. The lowest BCUT2D eigenvalue weighted by Crippen LogP contribution is -2.68. The number of nitrogens with one attached hydrogen (secondary N) is 3. The molecular weight excluding hydrogens is 656 g/mol. The van der Waals surface area contributed by atoms with Crippen molar-refractivity contribution in [3.05, 3.63) is 0 Å². The van der Waals surface area contributed by atoms with Crippen molar-refractivity contribution in [3.63, 3.8) is 0 Å². The maximum Gasteiger partial charge on any atom is 0.410 e. The second-order valence-corrected chi connectivity index (χ2v) is 17.4. The topological polar surface area (TPSA) is 225 Å². The summed E-state index contributed by atoms with van der Waals surface area (Å²) < 4.78 is 22.0. The normalized spacial score (nSPS) is 34.8. The van der Waals surface area contributed by atoms with Gasteiger partial charge >= 0.3 is 18.3 Å². The van der Waals surface area contributed by atoms with Gasteiger partial charge in [0, 0.05) is 43.9 Å². The van der Waals surface area contributed by atoms with Crippen molar-refractivity contribution >= 4 is 24.2 Å². The molecule has 0 bridgehead atoms. The fraction of sp³-hybridized carbons (Fsp3) is 0.882. The molecule has 7 N–H and O–H groups in total. The molecule has 3 fully saturated rings. The molecule has 50 heavy (non-hydrogen) atoms. The van der Waals surface area contributed by atoms with Crippen LogP contribution in [-0.2, 0) is 23.7 Å². The molecule has 2 saturated carbocycles. The molecular formula is C34H60N4O12. The molecule has 0 radical (unpaired) electrons. The molecule has 16 heteroatoms. The van der Waals surface area contributed by atoms with Gasteiger partial charge in [0.25, 0.3) is 5.91 Å². The molecule has 1 aliphatic heterocycles. The van der Waals surface area contributed by atoms with Gasteiger partial charge in [0.2, 0.25) is 0 Å². The van der Waals surface area contributed by atoms with Gasteiger partial charge in [-0.1, -0.05) is 0 Å². The lowest BCUT2D eigenvalue weighted by Gasteiger charge is -2.50. The van der Waals surface area contributed by atoms with Gasteiger partial charge in [0.05, 0.1) is 24.9 Å². The van der Waals surface area contributed by atoms with Crippen molar-refractivity contribution in [3.8, 4) is 0 Å². The van der Waals surface area contributed by atoms with Gasteiger partial charge in [-0.3, -0.25) is 4.79 Å². The highest BCUT2D eigenvalue weighted by atomic mass is 16.6. The number of aliphatic hydroxyl groups excluding tert-OH is 2. The van der Waals surface area contributed by atoms with E-state index < -0.39 is 101 Å². The number of hydrogen-bond donors (Lipinski definition) is 7. The number of ether oxygens (including phenoxy) is 4. The molecule has 1 heterocycles. The Labute approximate surface area is 294 Å². The van der Waals surface area contributed by atoms with Crippen LogP contribution < -0.4 is 16.0 Å². The Morgan fingerprint density at radius 3 is 1.80 bits per heavy atom. The first-order chi connectivity index (χ1) is 22.6. The Bertz CT molecular complexity index is 1230. The van der Waals surface area contributed by atoms with Crippen molar-refractivity contribution in [2.75, 3.05) is 13.7 Å². The van der Waals surface area contributed by atoms with Crippen LogP contribution in [0.3, 0.4) is 0 Å². The summed E-state index contributed by atoms with van der Waals surface area (Å²) in [6, 6.07) is -3.10. The third-order valence-corrected chi connectivity index (χ3v) is 8.96. The van der Waals surface area contributed by atoms with Crippen LogP contribution in [-0.4, -0.2) is 134 Å². The van der Waals surface area contributed by atoms with E-state index in [9.17, 15) is 39.6 Å². The SMILES string of the molecule is CN(C(=O)OC(C)(C)C)C1C(O)C(CC2C(O)CC(NC(=O)OC(C)(C)C)CC2NC(=O)C2(O)CC(NC(=O)OC(C)(C)C)C2)OCC1(C)O. The summed E-state index contributed by atoms with van der Waals surface area (Å²) >= 11 is 0. The molecule has 16 nitrogen and oxygen atoms in total. The summed E-state index contributed by atoms with van der Waals surface area (Å²) in [6.45, 7) is 16.6. The third kappa shape index (κ3) is 11.3. The van der Waals surface area contributed by atoms with Crippen molar-refractivity contribution in [1.82, 2.24) is 20.9 Å². The first-order valence-corrected chi connectivity index (χ1v) is 17.3. The van der Waals surface area contributed by atoms with Crippen molar-refractivity contribution in [2.24, 2.45) is 5.92 Å². The molecule has 0 aromatic rings. The molecule has 288 valence electrons. The zero-order valence-electron chi connectivity index (χ0n) is 31.4. The summed E-state index contributed by atoms with van der Waals surface area (Å²) in [4.78, 5) is 52.5. The monoisotopic (exact) mass is 716 g/mol. The zero-order valence-corrected chi connectivity index (χ0v) is 31.4. The minimum Gasteiger partial charge on any atom is -0.444 e. The lowest BCUT2D eigenvalue weighted by molar-refractivity contribution is -0.209.